The van der Waals surface area contributed by atoms with Gasteiger partial charge in [0.2, 0.25) is 0 Å². The maximum atomic E-state index is 12.1. The molecule has 4 heteroatoms. The van der Waals surface area contributed by atoms with Crippen molar-refractivity contribution >= 4 is 0 Å². The molecule has 0 spiro atoms. The number of alkyl halides is 2. The minimum absolute atomic E-state index is 0.199. The fraction of sp³-hybridized carbons (Fsp3) is 0.500. The van der Waals surface area contributed by atoms with Crippen molar-refractivity contribution in [3.05, 3.63) is 42.5 Å². The van der Waals surface area contributed by atoms with E-state index in [0.717, 1.165) is 24.8 Å². The van der Waals surface area contributed by atoms with E-state index in [2.05, 4.69) is 16.6 Å². The number of nitrogens with one attached hydrogen (secondary N) is 1. The van der Waals surface area contributed by atoms with Crippen molar-refractivity contribution in [2.45, 2.75) is 44.8 Å². The van der Waals surface area contributed by atoms with Crippen LogP contribution in [0.3, 0.4) is 0 Å². The molecule has 0 bridgehead atoms. The first-order valence-corrected chi connectivity index (χ1v) is 7.00. The molecule has 0 aliphatic heterocycles. The number of ether oxygens (including phenoxy) is 1. The summed E-state index contributed by atoms with van der Waals surface area (Å²) in [5, 5.41) is 3.26. The fourth-order valence-corrected chi connectivity index (χ4v) is 2.17. The van der Waals surface area contributed by atoms with Crippen LogP contribution in [0, 0.1) is 0 Å². The minimum atomic E-state index is -2.77. The lowest BCUT2D eigenvalue weighted by Crippen LogP contribution is -2.16. The largest absolute Gasteiger partial charge is 0.435 e. The summed E-state index contributed by atoms with van der Waals surface area (Å²) in [6, 6.07) is 7.09. The van der Waals surface area contributed by atoms with Crippen LogP contribution >= 0.6 is 0 Å². The van der Waals surface area contributed by atoms with E-state index in [0.29, 0.717) is 0 Å². The van der Waals surface area contributed by atoms with E-state index < -0.39 is 6.61 Å². The number of rotatable bonds is 10. The van der Waals surface area contributed by atoms with Gasteiger partial charge in [0.15, 0.2) is 0 Å². The van der Waals surface area contributed by atoms with Gasteiger partial charge in [0.1, 0.15) is 5.75 Å². The Morgan fingerprint density at radius 1 is 1.20 bits per heavy atom. The Morgan fingerprint density at radius 2 is 1.90 bits per heavy atom. The van der Waals surface area contributed by atoms with Gasteiger partial charge in [-0.1, -0.05) is 31.1 Å². The normalized spacial score (nSPS) is 12.4. The second kappa shape index (κ2) is 9.48. The average molecular weight is 283 g/mol. The van der Waals surface area contributed by atoms with Crippen molar-refractivity contribution < 1.29 is 13.5 Å². The number of hydrogen-bond acceptors (Lipinski definition) is 2. The average Bonchev–Trinajstić information content (AvgIpc) is 2.43. The maximum Gasteiger partial charge on any atom is 0.387 e. The highest BCUT2D eigenvalue weighted by molar-refractivity contribution is 5.29. The van der Waals surface area contributed by atoms with E-state index in [4.69, 9.17) is 0 Å². The fourth-order valence-electron chi connectivity index (χ4n) is 2.17. The zero-order valence-electron chi connectivity index (χ0n) is 11.9. The van der Waals surface area contributed by atoms with Gasteiger partial charge in [0.05, 0.1) is 0 Å². The molecular weight excluding hydrogens is 260 g/mol. The molecule has 1 rings (SSSR count). The first-order chi connectivity index (χ1) is 9.67. The number of halogens is 2. The van der Waals surface area contributed by atoms with E-state index in [9.17, 15) is 8.78 Å². The smallest absolute Gasteiger partial charge is 0.387 e. The van der Waals surface area contributed by atoms with Gasteiger partial charge in [-0.2, -0.15) is 8.78 Å². The summed E-state index contributed by atoms with van der Waals surface area (Å²) in [6.07, 6.45) is 7.51. The van der Waals surface area contributed by atoms with Gasteiger partial charge >= 0.3 is 6.61 Å². The molecule has 0 aliphatic rings. The van der Waals surface area contributed by atoms with Crippen LogP contribution in [0.1, 0.15) is 43.7 Å². The van der Waals surface area contributed by atoms with Crippen LogP contribution in [0.4, 0.5) is 8.78 Å². The van der Waals surface area contributed by atoms with Crippen molar-refractivity contribution in [2.75, 3.05) is 7.05 Å². The SMILES string of the molecule is C=CCCCCCC(NC)c1ccc(OC(F)F)cc1. The highest BCUT2D eigenvalue weighted by Gasteiger charge is 2.10. The highest BCUT2D eigenvalue weighted by atomic mass is 19.3. The third-order valence-electron chi connectivity index (χ3n) is 3.26. The molecule has 2 nitrogen and oxygen atoms in total. The lowest BCUT2D eigenvalue weighted by Gasteiger charge is -2.17. The molecular formula is C16H23F2NO. The van der Waals surface area contributed by atoms with Crippen LogP contribution in [-0.4, -0.2) is 13.7 Å². The van der Waals surface area contributed by atoms with E-state index in [1.807, 2.05) is 25.3 Å². The van der Waals surface area contributed by atoms with E-state index in [1.165, 1.54) is 12.8 Å². The van der Waals surface area contributed by atoms with Gasteiger partial charge in [-0.15, -0.1) is 6.58 Å². The predicted molar refractivity (Wildman–Crippen MR) is 78.2 cm³/mol. The maximum absolute atomic E-state index is 12.1. The van der Waals surface area contributed by atoms with Crippen molar-refractivity contribution in [1.82, 2.24) is 5.32 Å². The summed E-state index contributed by atoms with van der Waals surface area (Å²) in [5.41, 5.74) is 1.10. The topological polar surface area (TPSA) is 21.3 Å². The molecule has 0 amide bonds. The molecule has 1 N–H and O–H groups in total. The first kappa shape index (κ1) is 16.6. The van der Waals surface area contributed by atoms with E-state index >= 15 is 0 Å². The third-order valence-corrected chi connectivity index (χ3v) is 3.26. The van der Waals surface area contributed by atoms with Gasteiger partial charge in [0.25, 0.3) is 0 Å². The van der Waals surface area contributed by atoms with Crippen LogP contribution < -0.4 is 10.1 Å². The Bertz CT molecular complexity index is 379. The summed E-state index contributed by atoms with van der Waals surface area (Å²) in [6.45, 7) is 0.936. The molecule has 1 aromatic rings. The second-order valence-corrected chi connectivity index (χ2v) is 4.72. The number of hydrogen-bond donors (Lipinski definition) is 1. The van der Waals surface area contributed by atoms with E-state index in [-0.39, 0.29) is 11.8 Å². The molecule has 0 heterocycles. The van der Waals surface area contributed by atoms with Crippen LogP contribution in [0.25, 0.3) is 0 Å². The van der Waals surface area contributed by atoms with Crippen LogP contribution in [-0.2, 0) is 0 Å². The molecule has 1 unspecified atom stereocenters. The summed E-state index contributed by atoms with van der Waals surface area (Å²) in [5.74, 6) is 0.199. The van der Waals surface area contributed by atoms with Crippen molar-refractivity contribution in [3.63, 3.8) is 0 Å². The molecule has 0 saturated carbocycles. The van der Waals surface area contributed by atoms with Crippen molar-refractivity contribution in [1.29, 1.82) is 0 Å². The number of unbranched alkanes of at least 4 members (excludes halogenated alkanes) is 3. The van der Waals surface area contributed by atoms with Gasteiger partial charge in [0, 0.05) is 6.04 Å². The van der Waals surface area contributed by atoms with Crippen molar-refractivity contribution in [3.8, 4) is 5.75 Å². The molecule has 0 radical (unpaired) electrons. The van der Waals surface area contributed by atoms with Gasteiger partial charge in [-0.05, 0) is 44.0 Å². The monoisotopic (exact) mass is 283 g/mol. The molecule has 1 atom stereocenters. The molecule has 1 aromatic carbocycles. The Morgan fingerprint density at radius 3 is 2.45 bits per heavy atom. The lowest BCUT2D eigenvalue weighted by molar-refractivity contribution is -0.0498. The minimum Gasteiger partial charge on any atom is -0.435 e. The third kappa shape index (κ3) is 6.15. The number of benzene rings is 1. The molecule has 0 fully saturated rings. The quantitative estimate of drug-likeness (QED) is 0.497. The standard InChI is InChI=1S/C16H23F2NO/c1-3-4-5-6-7-8-15(19-2)13-9-11-14(12-10-13)20-16(17)18/h3,9-12,15-16,19H,1,4-8H2,2H3. The van der Waals surface area contributed by atoms with E-state index in [1.54, 1.807) is 12.1 Å². The molecule has 112 valence electrons. The Kier molecular flexibility index (Phi) is 7.88. The Hall–Kier alpha value is -1.42. The summed E-state index contributed by atoms with van der Waals surface area (Å²) in [7, 11) is 1.91. The molecule has 0 aromatic heterocycles. The first-order valence-electron chi connectivity index (χ1n) is 7.00. The van der Waals surface area contributed by atoms with Crippen LogP contribution in [0.15, 0.2) is 36.9 Å². The van der Waals surface area contributed by atoms with Gasteiger partial charge in [-0.25, -0.2) is 0 Å². The zero-order chi connectivity index (χ0) is 14.8. The molecule has 20 heavy (non-hydrogen) atoms. The summed E-state index contributed by atoms with van der Waals surface area (Å²) >= 11 is 0. The summed E-state index contributed by atoms with van der Waals surface area (Å²) in [4.78, 5) is 0. The second-order valence-electron chi connectivity index (χ2n) is 4.72. The highest BCUT2D eigenvalue weighted by Crippen LogP contribution is 2.23. The lowest BCUT2D eigenvalue weighted by atomic mass is 10.00. The number of allylic oxidation sites excluding steroid dienone is 1. The zero-order valence-corrected chi connectivity index (χ0v) is 11.9. The van der Waals surface area contributed by atoms with Crippen LogP contribution in [0.5, 0.6) is 5.75 Å². The molecule has 0 aliphatic carbocycles. The molecule has 0 saturated heterocycles. The summed E-state index contributed by atoms with van der Waals surface area (Å²) < 4.78 is 28.5. The van der Waals surface area contributed by atoms with Crippen LogP contribution in [0.2, 0.25) is 0 Å². The van der Waals surface area contributed by atoms with Gasteiger partial charge < -0.3 is 10.1 Å². The Balaban J connectivity index is 2.45. The Labute approximate surface area is 119 Å². The van der Waals surface area contributed by atoms with Gasteiger partial charge in [-0.3, -0.25) is 0 Å². The van der Waals surface area contributed by atoms with Crippen molar-refractivity contribution in [2.24, 2.45) is 0 Å². The predicted octanol–water partition coefficient (Wildman–Crippen LogP) is 4.69.